The highest BCUT2D eigenvalue weighted by Gasteiger charge is 2.25. The molecule has 0 aliphatic carbocycles. The van der Waals surface area contributed by atoms with E-state index in [0.29, 0.717) is 0 Å². The summed E-state index contributed by atoms with van der Waals surface area (Å²) >= 11 is 0. The SMILES string of the molecule is CCc1cccc2c(CC(NC(=O)OC(C)(C)C)C(=O)O)c[nH]c12. The number of amides is 1. The average Bonchev–Trinajstić information content (AvgIpc) is 2.87. The lowest BCUT2D eigenvalue weighted by Gasteiger charge is -2.22. The third kappa shape index (κ3) is 4.28. The Kier molecular flexibility index (Phi) is 5.17. The molecule has 2 rings (SSSR count). The molecule has 0 bridgehead atoms. The van der Waals surface area contributed by atoms with Crippen molar-refractivity contribution in [2.45, 2.75) is 52.2 Å². The number of hydrogen-bond donors (Lipinski definition) is 3. The predicted molar refractivity (Wildman–Crippen MR) is 92.2 cm³/mol. The summed E-state index contributed by atoms with van der Waals surface area (Å²) in [5, 5.41) is 12.8. The molecule has 6 heteroatoms. The number of alkyl carbamates (subject to hydrolysis) is 1. The Morgan fingerprint density at radius 2 is 2.00 bits per heavy atom. The standard InChI is InChI=1S/C18H24N2O4/c1-5-11-7-6-8-13-12(10-19-15(11)13)9-14(16(21)22)20-17(23)24-18(2,3)4/h6-8,10,14,19H,5,9H2,1-4H3,(H,20,23)(H,21,22). The Labute approximate surface area is 141 Å². The van der Waals surface area contributed by atoms with Crippen LogP contribution in [-0.2, 0) is 22.4 Å². The number of carbonyl (C=O) groups excluding carboxylic acids is 1. The molecule has 0 saturated heterocycles. The molecular formula is C18H24N2O4. The minimum absolute atomic E-state index is 0.182. The van der Waals surface area contributed by atoms with Crippen LogP contribution in [-0.4, -0.2) is 33.8 Å². The van der Waals surface area contributed by atoms with Crippen LogP contribution in [0.15, 0.2) is 24.4 Å². The number of aromatic amines is 1. The van der Waals surface area contributed by atoms with Crippen LogP contribution in [0.3, 0.4) is 0 Å². The van der Waals surface area contributed by atoms with E-state index in [1.807, 2.05) is 18.2 Å². The summed E-state index contributed by atoms with van der Waals surface area (Å²) in [7, 11) is 0. The van der Waals surface area contributed by atoms with Crippen molar-refractivity contribution in [1.82, 2.24) is 10.3 Å². The summed E-state index contributed by atoms with van der Waals surface area (Å²) < 4.78 is 5.14. The largest absolute Gasteiger partial charge is 0.480 e. The molecule has 0 aliphatic rings. The highest BCUT2D eigenvalue weighted by Crippen LogP contribution is 2.23. The number of aromatic nitrogens is 1. The van der Waals surface area contributed by atoms with Gasteiger partial charge in [0.05, 0.1) is 0 Å². The zero-order valence-electron chi connectivity index (χ0n) is 14.5. The molecule has 130 valence electrons. The first-order chi connectivity index (χ1) is 11.2. The number of aryl methyl sites for hydroxylation is 1. The fourth-order valence-electron chi connectivity index (χ4n) is 2.61. The third-order valence-corrected chi connectivity index (χ3v) is 3.68. The summed E-state index contributed by atoms with van der Waals surface area (Å²) in [4.78, 5) is 26.6. The number of fused-ring (bicyclic) bond motifs is 1. The Bertz CT molecular complexity index is 743. The van der Waals surface area contributed by atoms with Crippen molar-refractivity contribution >= 4 is 23.0 Å². The molecule has 0 radical (unpaired) electrons. The van der Waals surface area contributed by atoms with Gasteiger partial charge in [0.1, 0.15) is 11.6 Å². The number of aliphatic carboxylic acids is 1. The van der Waals surface area contributed by atoms with Crippen molar-refractivity contribution in [1.29, 1.82) is 0 Å². The van der Waals surface area contributed by atoms with Gasteiger partial charge < -0.3 is 20.1 Å². The zero-order valence-corrected chi connectivity index (χ0v) is 14.5. The van der Waals surface area contributed by atoms with Crippen LogP contribution in [0.4, 0.5) is 4.79 Å². The van der Waals surface area contributed by atoms with Crippen molar-refractivity contribution in [3.05, 3.63) is 35.5 Å². The maximum atomic E-state index is 11.9. The van der Waals surface area contributed by atoms with Gasteiger partial charge in [-0.25, -0.2) is 9.59 Å². The molecule has 0 fully saturated rings. The highest BCUT2D eigenvalue weighted by atomic mass is 16.6. The number of carbonyl (C=O) groups is 2. The van der Waals surface area contributed by atoms with E-state index >= 15 is 0 Å². The second kappa shape index (κ2) is 6.95. The summed E-state index contributed by atoms with van der Waals surface area (Å²) in [5.41, 5.74) is 2.36. The number of carboxylic acid groups (broad SMARTS) is 1. The van der Waals surface area contributed by atoms with Crippen molar-refractivity contribution < 1.29 is 19.4 Å². The lowest BCUT2D eigenvalue weighted by Crippen LogP contribution is -2.44. The molecule has 24 heavy (non-hydrogen) atoms. The van der Waals surface area contributed by atoms with Gasteiger partial charge in [0, 0.05) is 23.5 Å². The molecule has 0 spiro atoms. The fourth-order valence-corrected chi connectivity index (χ4v) is 2.61. The second-order valence-corrected chi connectivity index (χ2v) is 6.75. The van der Waals surface area contributed by atoms with Gasteiger partial charge in [-0.15, -0.1) is 0 Å². The molecule has 1 heterocycles. The molecule has 0 saturated carbocycles. The van der Waals surface area contributed by atoms with Crippen molar-refractivity contribution in [3.8, 4) is 0 Å². The number of para-hydroxylation sites is 1. The van der Waals surface area contributed by atoms with Crippen LogP contribution in [0.25, 0.3) is 10.9 Å². The lowest BCUT2D eigenvalue weighted by molar-refractivity contribution is -0.139. The molecule has 1 amide bonds. The molecule has 1 unspecified atom stereocenters. The Hall–Kier alpha value is -2.50. The Balaban J connectivity index is 2.20. The van der Waals surface area contributed by atoms with Crippen molar-refractivity contribution in [2.24, 2.45) is 0 Å². The number of benzene rings is 1. The summed E-state index contributed by atoms with van der Waals surface area (Å²) in [6.07, 6.45) is 2.14. The van der Waals surface area contributed by atoms with E-state index in [-0.39, 0.29) is 6.42 Å². The van der Waals surface area contributed by atoms with Gasteiger partial charge in [0.15, 0.2) is 0 Å². The van der Waals surface area contributed by atoms with E-state index < -0.39 is 23.7 Å². The third-order valence-electron chi connectivity index (χ3n) is 3.68. The van der Waals surface area contributed by atoms with E-state index in [0.717, 1.165) is 22.9 Å². The van der Waals surface area contributed by atoms with Gasteiger partial charge >= 0.3 is 12.1 Å². The summed E-state index contributed by atoms with van der Waals surface area (Å²) in [6.45, 7) is 7.26. The Morgan fingerprint density at radius 1 is 1.29 bits per heavy atom. The number of nitrogens with one attached hydrogen (secondary N) is 2. The molecule has 3 N–H and O–H groups in total. The predicted octanol–water partition coefficient (Wildman–Crippen LogP) is 3.25. The van der Waals surface area contributed by atoms with Crippen molar-refractivity contribution in [3.63, 3.8) is 0 Å². The monoisotopic (exact) mass is 332 g/mol. The van der Waals surface area contributed by atoms with Crippen LogP contribution >= 0.6 is 0 Å². The molecule has 0 aliphatic heterocycles. The smallest absolute Gasteiger partial charge is 0.408 e. The van der Waals surface area contributed by atoms with Gasteiger partial charge in [-0.3, -0.25) is 0 Å². The zero-order chi connectivity index (χ0) is 17.9. The number of carboxylic acids is 1. The second-order valence-electron chi connectivity index (χ2n) is 6.75. The molecule has 6 nitrogen and oxygen atoms in total. The minimum Gasteiger partial charge on any atom is -0.480 e. The number of H-pyrrole nitrogens is 1. The topological polar surface area (TPSA) is 91.4 Å². The van der Waals surface area contributed by atoms with Crippen LogP contribution in [0.5, 0.6) is 0 Å². The van der Waals surface area contributed by atoms with Crippen LogP contribution in [0.1, 0.15) is 38.8 Å². The number of hydrogen-bond acceptors (Lipinski definition) is 3. The Morgan fingerprint density at radius 3 is 2.58 bits per heavy atom. The van der Waals surface area contributed by atoms with E-state index in [2.05, 4.69) is 17.2 Å². The van der Waals surface area contributed by atoms with E-state index in [9.17, 15) is 14.7 Å². The first-order valence-corrected chi connectivity index (χ1v) is 8.01. The molecule has 1 aromatic heterocycles. The number of rotatable bonds is 5. The van der Waals surface area contributed by atoms with Gasteiger partial charge in [-0.2, -0.15) is 0 Å². The molecule has 2 aromatic rings. The normalized spacial score (nSPS) is 12.8. The summed E-state index contributed by atoms with van der Waals surface area (Å²) in [6, 6.07) is 4.89. The molecule has 1 aromatic carbocycles. The maximum Gasteiger partial charge on any atom is 0.408 e. The van der Waals surface area contributed by atoms with Crippen molar-refractivity contribution in [2.75, 3.05) is 0 Å². The van der Waals surface area contributed by atoms with Crippen LogP contribution in [0, 0.1) is 0 Å². The average molecular weight is 332 g/mol. The van der Waals surface area contributed by atoms with Crippen LogP contribution in [0.2, 0.25) is 0 Å². The lowest BCUT2D eigenvalue weighted by atomic mass is 10.0. The van der Waals surface area contributed by atoms with E-state index in [1.54, 1.807) is 27.0 Å². The first kappa shape index (κ1) is 17.8. The van der Waals surface area contributed by atoms with Gasteiger partial charge in [-0.05, 0) is 38.3 Å². The van der Waals surface area contributed by atoms with E-state index in [4.69, 9.17) is 4.74 Å². The van der Waals surface area contributed by atoms with Crippen LogP contribution < -0.4 is 5.32 Å². The van der Waals surface area contributed by atoms with Gasteiger partial charge in [-0.1, -0.05) is 25.1 Å². The van der Waals surface area contributed by atoms with Gasteiger partial charge in [0.2, 0.25) is 0 Å². The van der Waals surface area contributed by atoms with Gasteiger partial charge in [0.25, 0.3) is 0 Å². The first-order valence-electron chi connectivity index (χ1n) is 8.01. The molecule has 1 atom stereocenters. The number of ether oxygens (including phenoxy) is 1. The quantitative estimate of drug-likeness (QED) is 0.784. The fraction of sp³-hybridized carbons (Fsp3) is 0.444. The minimum atomic E-state index is -1.10. The highest BCUT2D eigenvalue weighted by molar-refractivity contribution is 5.87. The summed E-state index contributed by atoms with van der Waals surface area (Å²) in [5.74, 6) is -1.10. The molecular weight excluding hydrogens is 308 g/mol. The maximum absolute atomic E-state index is 11.9. The van der Waals surface area contributed by atoms with E-state index in [1.165, 1.54) is 5.56 Å².